The Balaban J connectivity index is 3.14. The summed E-state index contributed by atoms with van der Waals surface area (Å²) in [6, 6.07) is 1.78. The summed E-state index contributed by atoms with van der Waals surface area (Å²) in [5.74, 6) is -1.11. The highest BCUT2D eigenvalue weighted by molar-refractivity contribution is 5.98. The van der Waals surface area contributed by atoms with Gasteiger partial charge < -0.3 is 10.6 Å². The maximum Gasteiger partial charge on any atom is 0.277 e. The third kappa shape index (κ3) is 5.00. The molecule has 0 fully saturated rings. The SMILES string of the molecule is CNC(=O)C(CC(C)C)NC(=O)c1cc([N+](=O)[O-])cc([N+](=O)[O-])c1. The summed E-state index contributed by atoms with van der Waals surface area (Å²) in [6.45, 7) is 3.72. The standard InChI is InChI=1S/C14H18N4O6/c1-8(2)4-12(14(20)15-3)16-13(19)9-5-10(17(21)22)7-11(6-9)18(23)24/h5-8,12H,4H2,1-3H3,(H,15,20)(H,16,19). The van der Waals surface area contributed by atoms with E-state index >= 15 is 0 Å². The fraction of sp³-hybridized carbons (Fsp3) is 0.429. The van der Waals surface area contributed by atoms with Crippen LogP contribution in [-0.4, -0.2) is 34.8 Å². The molecule has 1 aromatic rings. The van der Waals surface area contributed by atoms with E-state index < -0.39 is 39.1 Å². The molecule has 1 atom stereocenters. The van der Waals surface area contributed by atoms with Crippen molar-refractivity contribution in [3.63, 3.8) is 0 Å². The molecule has 1 aromatic carbocycles. The first kappa shape index (κ1) is 19.0. The Kier molecular flexibility index (Phi) is 6.33. The Labute approximate surface area is 137 Å². The lowest BCUT2D eigenvalue weighted by Gasteiger charge is -2.19. The van der Waals surface area contributed by atoms with Crippen LogP contribution in [0.4, 0.5) is 11.4 Å². The molecule has 2 N–H and O–H groups in total. The van der Waals surface area contributed by atoms with Gasteiger partial charge in [-0.15, -0.1) is 0 Å². The second-order valence-corrected chi connectivity index (χ2v) is 5.52. The molecular formula is C14H18N4O6. The molecule has 0 aliphatic heterocycles. The monoisotopic (exact) mass is 338 g/mol. The number of likely N-dealkylation sites (N-methyl/N-ethyl adjacent to an activating group) is 1. The molecule has 0 aliphatic carbocycles. The number of nitrogens with one attached hydrogen (secondary N) is 2. The molecule has 0 aromatic heterocycles. The molecule has 0 bridgehead atoms. The number of nitrogens with zero attached hydrogens (tertiary/aromatic N) is 2. The van der Waals surface area contributed by atoms with E-state index in [0.29, 0.717) is 6.42 Å². The number of nitro groups is 2. The molecule has 10 nitrogen and oxygen atoms in total. The maximum atomic E-state index is 12.3. The maximum absolute atomic E-state index is 12.3. The molecule has 10 heteroatoms. The Hall–Kier alpha value is -3.04. The topological polar surface area (TPSA) is 144 Å². The normalized spacial score (nSPS) is 11.7. The van der Waals surface area contributed by atoms with Crippen LogP contribution < -0.4 is 10.6 Å². The fourth-order valence-corrected chi connectivity index (χ4v) is 2.06. The van der Waals surface area contributed by atoms with Crippen LogP contribution in [0.25, 0.3) is 0 Å². The molecule has 1 unspecified atom stereocenters. The van der Waals surface area contributed by atoms with Crippen LogP contribution in [0, 0.1) is 26.1 Å². The summed E-state index contributed by atoms with van der Waals surface area (Å²) >= 11 is 0. The van der Waals surface area contributed by atoms with Crippen molar-refractivity contribution in [3.05, 3.63) is 44.0 Å². The van der Waals surface area contributed by atoms with Crippen LogP contribution in [0.1, 0.15) is 30.6 Å². The number of non-ortho nitro benzene ring substituents is 2. The molecular weight excluding hydrogens is 320 g/mol. The lowest BCUT2D eigenvalue weighted by atomic mass is 10.0. The first-order valence-electron chi connectivity index (χ1n) is 7.12. The Morgan fingerprint density at radius 3 is 1.96 bits per heavy atom. The number of carbonyl (C=O) groups excluding carboxylic acids is 2. The van der Waals surface area contributed by atoms with Gasteiger partial charge in [0.1, 0.15) is 6.04 Å². The molecule has 130 valence electrons. The zero-order valence-electron chi connectivity index (χ0n) is 13.4. The fourth-order valence-electron chi connectivity index (χ4n) is 2.06. The third-order valence-corrected chi connectivity index (χ3v) is 3.16. The predicted molar refractivity (Wildman–Crippen MR) is 84.5 cm³/mol. The van der Waals surface area contributed by atoms with Crippen LogP contribution >= 0.6 is 0 Å². The van der Waals surface area contributed by atoms with Crippen LogP contribution in [0.2, 0.25) is 0 Å². The summed E-state index contributed by atoms with van der Waals surface area (Å²) in [5, 5.41) is 26.6. The van der Waals surface area contributed by atoms with Gasteiger partial charge in [0.15, 0.2) is 0 Å². The number of nitro benzene ring substituents is 2. The van der Waals surface area contributed by atoms with E-state index in [1.807, 2.05) is 13.8 Å². The zero-order chi connectivity index (χ0) is 18.4. The Morgan fingerprint density at radius 1 is 1.08 bits per heavy atom. The van der Waals surface area contributed by atoms with E-state index in [9.17, 15) is 29.8 Å². The molecule has 0 radical (unpaired) electrons. The minimum absolute atomic E-state index is 0.104. The van der Waals surface area contributed by atoms with Gasteiger partial charge in [-0.1, -0.05) is 13.8 Å². The van der Waals surface area contributed by atoms with Gasteiger partial charge in [-0.3, -0.25) is 29.8 Å². The van der Waals surface area contributed by atoms with Crippen molar-refractivity contribution in [1.29, 1.82) is 0 Å². The summed E-state index contributed by atoms with van der Waals surface area (Å²) < 4.78 is 0. The average Bonchev–Trinajstić information content (AvgIpc) is 2.52. The van der Waals surface area contributed by atoms with Gasteiger partial charge in [0, 0.05) is 19.2 Å². The summed E-state index contributed by atoms with van der Waals surface area (Å²) in [7, 11) is 1.42. The highest BCUT2D eigenvalue weighted by Crippen LogP contribution is 2.22. The van der Waals surface area contributed by atoms with Crippen LogP contribution in [-0.2, 0) is 4.79 Å². The predicted octanol–water partition coefficient (Wildman–Crippen LogP) is 1.39. The van der Waals surface area contributed by atoms with Gasteiger partial charge in [0.25, 0.3) is 17.3 Å². The molecule has 1 rings (SSSR count). The zero-order valence-corrected chi connectivity index (χ0v) is 13.4. The van der Waals surface area contributed by atoms with Crippen LogP contribution in [0.15, 0.2) is 18.2 Å². The van der Waals surface area contributed by atoms with Crippen molar-refractivity contribution in [2.75, 3.05) is 7.05 Å². The molecule has 24 heavy (non-hydrogen) atoms. The van der Waals surface area contributed by atoms with Gasteiger partial charge in [-0.05, 0) is 12.3 Å². The smallest absolute Gasteiger partial charge is 0.277 e. The molecule has 2 amide bonds. The van der Waals surface area contributed by atoms with Crippen molar-refractivity contribution >= 4 is 23.2 Å². The largest absolute Gasteiger partial charge is 0.357 e. The minimum Gasteiger partial charge on any atom is -0.357 e. The number of benzene rings is 1. The van der Waals surface area contributed by atoms with Gasteiger partial charge in [-0.25, -0.2) is 0 Å². The van der Waals surface area contributed by atoms with Gasteiger partial charge >= 0.3 is 0 Å². The van der Waals surface area contributed by atoms with Gasteiger partial charge in [0.2, 0.25) is 5.91 Å². The van der Waals surface area contributed by atoms with E-state index in [0.717, 1.165) is 18.2 Å². The first-order chi connectivity index (χ1) is 11.1. The number of amides is 2. The molecule has 0 heterocycles. The van der Waals surface area contributed by atoms with Crippen molar-refractivity contribution in [2.24, 2.45) is 5.92 Å². The van der Waals surface area contributed by atoms with Crippen LogP contribution in [0.5, 0.6) is 0 Å². The Morgan fingerprint density at radius 2 is 1.58 bits per heavy atom. The summed E-state index contributed by atoms with van der Waals surface area (Å²) in [6.07, 6.45) is 0.350. The Bertz CT molecular complexity index is 641. The lowest BCUT2D eigenvalue weighted by Crippen LogP contribution is -2.46. The van der Waals surface area contributed by atoms with Gasteiger partial charge in [-0.2, -0.15) is 0 Å². The highest BCUT2D eigenvalue weighted by atomic mass is 16.6. The number of carbonyl (C=O) groups is 2. The van der Waals surface area contributed by atoms with Gasteiger partial charge in [0.05, 0.1) is 21.5 Å². The molecule has 0 aliphatic rings. The molecule has 0 saturated carbocycles. The second kappa shape index (κ2) is 7.99. The van der Waals surface area contributed by atoms with E-state index in [2.05, 4.69) is 10.6 Å². The van der Waals surface area contributed by atoms with Crippen LogP contribution in [0.3, 0.4) is 0 Å². The first-order valence-corrected chi connectivity index (χ1v) is 7.12. The molecule has 0 spiro atoms. The van der Waals surface area contributed by atoms with Crippen molar-refractivity contribution in [3.8, 4) is 0 Å². The summed E-state index contributed by atoms with van der Waals surface area (Å²) in [4.78, 5) is 44.2. The number of hydrogen-bond donors (Lipinski definition) is 2. The van der Waals surface area contributed by atoms with Crippen molar-refractivity contribution in [1.82, 2.24) is 10.6 Å². The lowest BCUT2D eigenvalue weighted by molar-refractivity contribution is -0.394. The van der Waals surface area contributed by atoms with E-state index in [-0.39, 0.29) is 11.5 Å². The van der Waals surface area contributed by atoms with E-state index in [1.54, 1.807) is 0 Å². The van der Waals surface area contributed by atoms with E-state index in [1.165, 1.54) is 7.05 Å². The van der Waals surface area contributed by atoms with Crippen molar-refractivity contribution in [2.45, 2.75) is 26.3 Å². The minimum atomic E-state index is -0.846. The summed E-state index contributed by atoms with van der Waals surface area (Å²) in [5.41, 5.74) is -1.40. The highest BCUT2D eigenvalue weighted by Gasteiger charge is 2.24. The quantitative estimate of drug-likeness (QED) is 0.567. The third-order valence-electron chi connectivity index (χ3n) is 3.16. The second-order valence-electron chi connectivity index (χ2n) is 5.52. The average molecular weight is 338 g/mol. The number of rotatable bonds is 7. The number of hydrogen-bond acceptors (Lipinski definition) is 6. The van der Waals surface area contributed by atoms with E-state index in [4.69, 9.17) is 0 Å². The molecule has 0 saturated heterocycles. The van der Waals surface area contributed by atoms with Crippen molar-refractivity contribution < 1.29 is 19.4 Å².